The minimum Gasteiger partial charge on any atom is -0.481 e. The summed E-state index contributed by atoms with van der Waals surface area (Å²) >= 11 is 5.91. The molecule has 0 aromatic heterocycles. The second kappa shape index (κ2) is 8.12. The Morgan fingerprint density at radius 3 is 2.76 bits per heavy atom. The molecule has 0 heterocycles. The number of rotatable bonds is 6. The lowest BCUT2D eigenvalue weighted by atomic mass is 10.0. The van der Waals surface area contributed by atoms with Crippen molar-refractivity contribution in [2.75, 3.05) is 11.9 Å². The third-order valence-electron chi connectivity index (χ3n) is 2.84. The number of carboxylic acids is 1. The number of benzene rings is 1. The molecule has 3 N–H and O–H groups in total. The zero-order valence-corrected chi connectivity index (χ0v) is 12.3. The maximum atomic E-state index is 11.7. The average molecular weight is 310 g/mol. The Morgan fingerprint density at radius 1 is 1.48 bits per heavy atom. The standard InChI is InChI=1S/C14H16ClN3O3/c1-2-3-10(13(19)20)8-17-14(21)18-12-6-9(7-16)4-5-11(12)15/h4-6,10H,2-3,8H2,1H3,(H,19,20)(H2,17,18,21). The molecule has 0 bridgehead atoms. The van der Waals surface area contributed by atoms with Crippen LogP contribution in [0.5, 0.6) is 0 Å². The maximum absolute atomic E-state index is 11.7. The van der Waals surface area contributed by atoms with Gasteiger partial charge in [0.1, 0.15) is 0 Å². The number of hydrogen-bond acceptors (Lipinski definition) is 3. The van der Waals surface area contributed by atoms with Crippen LogP contribution < -0.4 is 10.6 Å². The number of carbonyl (C=O) groups excluding carboxylic acids is 1. The van der Waals surface area contributed by atoms with Crippen LogP contribution in [-0.4, -0.2) is 23.7 Å². The van der Waals surface area contributed by atoms with Gasteiger partial charge in [-0.25, -0.2) is 4.79 Å². The van der Waals surface area contributed by atoms with Crippen LogP contribution in [0.3, 0.4) is 0 Å². The molecule has 1 aromatic carbocycles. The van der Waals surface area contributed by atoms with E-state index < -0.39 is 17.9 Å². The van der Waals surface area contributed by atoms with Crippen molar-refractivity contribution in [3.05, 3.63) is 28.8 Å². The van der Waals surface area contributed by atoms with Crippen molar-refractivity contribution < 1.29 is 14.7 Å². The summed E-state index contributed by atoms with van der Waals surface area (Å²) < 4.78 is 0. The highest BCUT2D eigenvalue weighted by Gasteiger charge is 2.17. The van der Waals surface area contributed by atoms with Gasteiger partial charge < -0.3 is 15.7 Å². The number of urea groups is 1. The van der Waals surface area contributed by atoms with Gasteiger partial charge in [-0.1, -0.05) is 24.9 Å². The van der Waals surface area contributed by atoms with Crippen LogP contribution in [0.1, 0.15) is 25.3 Å². The van der Waals surface area contributed by atoms with Crippen molar-refractivity contribution in [1.82, 2.24) is 5.32 Å². The fourth-order valence-electron chi connectivity index (χ4n) is 1.73. The molecule has 112 valence electrons. The molecule has 1 rings (SSSR count). The average Bonchev–Trinajstić information content (AvgIpc) is 2.45. The fraction of sp³-hybridized carbons (Fsp3) is 0.357. The molecule has 7 heteroatoms. The number of halogens is 1. The number of nitriles is 1. The highest BCUT2D eigenvalue weighted by molar-refractivity contribution is 6.33. The van der Waals surface area contributed by atoms with Gasteiger partial charge in [0, 0.05) is 6.54 Å². The van der Waals surface area contributed by atoms with Gasteiger partial charge in [0.2, 0.25) is 0 Å². The van der Waals surface area contributed by atoms with Crippen LogP contribution in [-0.2, 0) is 4.79 Å². The minimum atomic E-state index is -0.943. The molecule has 1 atom stereocenters. The fourth-order valence-corrected chi connectivity index (χ4v) is 1.90. The van der Waals surface area contributed by atoms with Gasteiger partial charge >= 0.3 is 12.0 Å². The van der Waals surface area contributed by atoms with E-state index in [4.69, 9.17) is 22.0 Å². The van der Waals surface area contributed by atoms with E-state index in [2.05, 4.69) is 10.6 Å². The summed E-state index contributed by atoms with van der Waals surface area (Å²) in [4.78, 5) is 22.7. The Hall–Kier alpha value is -2.26. The van der Waals surface area contributed by atoms with Crippen LogP contribution in [0.2, 0.25) is 5.02 Å². The molecule has 2 amide bonds. The Morgan fingerprint density at radius 2 is 2.19 bits per heavy atom. The summed E-state index contributed by atoms with van der Waals surface area (Å²) in [5.41, 5.74) is 0.666. The van der Waals surface area contributed by atoms with Crippen molar-refractivity contribution in [3.63, 3.8) is 0 Å². The van der Waals surface area contributed by atoms with E-state index >= 15 is 0 Å². The zero-order valence-electron chi connectivity index (χ0n) is 11.5. The lowest BCUT2D eigenvalue weighted by molar-refractivity contribution is -0.141. The normalized spacial score (nSPS) is 11.3. The molecule has 1 aromatic rings. The van der Waals surface area contributed by atoms with E-state index in [-0.39, 0.29) is 6.54 Å². The van der Waals surface area contributed by atoms with Crippen LogP contribution in [0.4, 0.5) is 10.5 Å². The van der Waals surface area contributed by atoms with Gasteiger partial charge in [-0.15, -0.1) is 0 Å². The second-order valence-electron chi connectivity index (χ2n) is 4.47. The molecular weight excluding hydrogens is 294 g/mol. The van der Waals surface area contributed by atoms with Crippen molar-refractivity contribution >= 4 is 29.3 Å². The topological polar surface area (TPSA) is 102 Å². The monoisotopic (exact) mass is 309 g/mol. The predicted molar refractivity (Wildman–Crippen MR) is 79.2 cm³/mol. The summed E-state index contributed by atoms with van der Waals surface area (Å²) in [5, 5.41) is 23.1. The predicted octanol–water partition coefficient (Wildman–Crippen LogP) is 2.83. The number of carbonyl (C=O) groups is 2. The third kappa shape index (κ3) is 5.32. The summed E-state index contributed by atoms with van der Waals surface area (Å²) in [5.74, 6) is -1.57. The first kappa shape index (κ1) is 16.8. The van der Waals surface area contributed by atoms with E-state index in [9.17, 15) is 9.59 Å². The number of anilines is 1. The molecule has 1 unspecified atom stereocenters. The molecule has 0 saturated heterocycles. The summed E-state index contributed by atoms with van der Waals surface area (Å²) in [7, 11) is 0. The quantitative estimate of drug-likeness (QED) is 0.751. The highest BCUT2D eigenvalue weighted by atomic mass is 35.5. The van der Waals surface area contributed by atoms with E-state index in [0.29, 0.717) is 22.7 Å². The number of carboxylic acid groups (broad SMARTS) is 1. The summed E-state index contributed by atoms with van der Waals surface area (Å²) in [6.07, 6.45) is 1.20. The van der Waals surface area contributed by atoms with Crippen LogP contribution in [0.15, 0.2) is 18.2 Å². The second-order valence-corrected chi connectivity index (χ2v) is 4.87. The van der Waals surface area contributed by atoms with Crippen molar-refractivity contribution in [1.29, 1.82) is 5.26 Å². The van der Waals surface area contributed by atoms with Crippen molar-refractivity contribution in [3.8, 4) is 6.07 Å². The molecule has 0 radical (unpaired) electrons. The lowest BCUT2D eigenvalue weighted by Crippen LogP contribution is -2.35. The van der Waals surface area contributed by atoms with Gasteiger partial charge in [0.15, 0.2) is 0 Å². The van der Waals surface area contributed by atoms with E-state index in [1.54, 1.807) is 0 Å². The molecule has 0 aliphatic rings. The molecule has 0 spiro atoms. The van der Waals surface area contributed by atoms with Gasteiger partial charge in [-0.05, 0) is 24.6 Å². The number of nitrogens with zero attached hydrogens (tertiary/aromatic N) is 1. The molecule has 0 aliphatic carbocycles. The van der Waals surface area contributed by atoms with Gasteiger partial charge in [-0.3, -0.25) is 4.79 Å². The van der Waals surface area contributed by atoms with E-state index in [1.165, 1.54) is 18.2 Å². The number of aliphatic carboxylic acids is 1. The Bertz CT molecular complexity index is 569. The highest BCUT2D eigenvalue weighted by Crippen LogP contribution is 2.22. The largest absolute Gasteiger partial charge is 0.481 e. The molecule has 0 saturated carbocycles. The van der Waals surface area contributed by atoms with Gasteiger partial charge in [-0.2, -0.15) is 5.26 Å². The van der Waals surface area contributed by atoms with Crippen LogP contribution in [0, 0.1) is 17.2 Å². The lowest BCUT2D eigenvalue weighted by Gasteiger charge is -2.13. The van der Waals surface area contributed by atoms with Crippen LogP contribution >= 0.6 is 11.6 Å². The Balaban J connectivity index is 2.62. The van der Waals surface area contributed by atoms with E-state index in [1.807, 2.05) is 13.0 Å². The number of nitrogens with one attached hydrogen (secondary N) is 2. The zero-order chi connectivity index (χ0) is 15.8. The maximum Gasteiger partial charge on any atom is 0.319 e. The van der Waals surface area contributed by atoms with E-state index in [0.717, 1.165) is 6.42 Å². The molecule has 6 nitrogen and oxygen atoms in total. The number of hydrogen-bond donors (Lipinski definition) is 3. The van der Waals surface area contributed by atoms with Crippen LogP contribution in [0.25, 0.3) is 0 Å². The first-order chi connectivity index (χ1) is 9.97. The first-order valence-corrected chi connectivity index (χ1v) is 6.83. The first-order valence-electron chi connectivity index (χ1n) is 6.45. The summed E-state index contributed by atoms with van der Waals surface area (Å²) in [6, 6.07) is 5.87. The van der Waals surface area contributed by atoms with Crippen molar-refractivity contribution in [2.24, 2.45) is 5.92 Å². The smallest absolute Gasteiger partial charge is 0.319 e. The third-order valence-corrected chi connectivity index (χ3v) is 3.17. The molecule has 0 fully saturated rings. The molecular formula is C14H16ClN3O3. The molecule has 0 aliphatic heterocycles. The SMILES string of the molecule is CCCC(CNC(=O)Nc1cc(C#N)ccc1Cl)C(=O)O. The Labute approximate surface area is 127 Å². The minimum absolute atomic E-state index is 0.0323. The molecule has 21 heavy (non-hydrogen) atoms. The van der Waals surface area contributed by atoms with Gasteiger partial charge in [0.25, 0.3) is 0 Å². The van der Waals surface area contributed by atoms with Gasteiger partial charge in [0.05, 0.1) is 28.3 Å². The summed E-state index contributed by atoms with van der Waals surface area (Å²) in [6.45, 7) is 1.91. The number of amides is 2. The Kier molecular flexibility index (Phi) is 6.50. The van der Waals surface area contributed by atoms with Crippen molar-refractivity contribution in [2.45, 2.75) is 19.8 Å².